The van der Waals surface area contributed by atoms with Crippen LogP contribution in [0.25, 0.3) is 22.2 Å². The molecule has 0 fully saturated rings. The molecule has 1 aromatic heterocycles. The summed E-state index contributed by atoms with van der Waals surface area (Å²) in [6.45, 7) is 1.44. The SMILES string of the molecule is CC(O)c1c(F)cc(C(=O)O)cc1-c1ccc2nc[nH]c2c1. The number of hydrogen-bond acceptors (Lipinski definition) is 3. The number of carbonyl (C=O) groups is 1. The van der Waals surface area contributed by atoms with Crippen molar-refractivity contribution in [2.24, 2.45) is 0 Å². The fraction of sp³-hybridized carbons (Fsp3) is 0.125. The zero-order valence-electron chi connectivity index (χ0n) is 11.7. The lowest BCUT2D eigenvalue weighted by molar-refractivity contribution is 0.0696. The molecular formula is C16H13FN2O3. The minimum atomic E-state index is -1.22. The van der Waals surface area contributed by atoms with E-state index in [2.05, 4.69) is 9.97 Å². The first-order valence-corrected chi connectivity index (χ1v) is 6.65. The highest BCUT2D eigenvalue weighted by Gasteiger charge is 2.19. The second kappa shape index (κ2) is 5.23. The Balaban J connectivity index is 2.28. The van der Waals surface area contributed by atoms with Gasteiger partial charge in [0.2, 0.25) is 0 Å². The summed E-state index contributed by atoms with van der Waals surface area (Å²) in [7, 11) is 0. The Kier molecular flexibility index (Phi) is 3.38. The smallest absolute Gasteiger partial charge is 0.335 e. The van der Waals surface area contributed by atoms with Crippen LogP contribution >= 0.6 is 0 Å². The Morgan fingerprint density at radius 1 is 1.32 bits per heavy atom. The number of nitrogens with zero attached hydrogens (tertiary/aromatic N) is 1. The van der Waals surface area contributed by atoms with Crippen molar-refractivity contribution in [3.05, 3.63) is 53.6 Å². The summed E-state index contributed by atoms with van der Waals surface area (Å²) >= 11 is 0. The van der Waals surface area contributed by atoms with Crippen molar-refractivity contribution >= 4 is 17.0 Å². The van der Waals surface area contributed by atoms with Crippen LogP contribution in [0.2, 0.25) is 0 Å². The molecule has 0 aliphatic rings. The molecule has 1 atom stereocenters. The van der Waals surface area contributed by atoms with Gasteiger partial charge in [0.05, 0.1) is 29.0 Å². The molecule has 22 heavy (non-hydrogen) atoms. The van der Waals surface area contributed by atoms with Crippen molar-refractivity contribution in [3.8, 4) is 11.1 Å². The van der Waals surface area contributed by atoms with Gasteiger partial charge in [0.15, 0.2) is 0 Å². The van der Waals surface area contributed by atoms with E-state index in [1.54, 1.807) is 18.2 Å². The molecule has 5 nitrogen and oxygen atoms in total. The van der Waals surface area contributed by atoms with Gasteiger partial charge in [-0.05, 0) is 42.3 Å². The molecule has 0 aliphatic carbocycles. The van der Waals surface area contributed by atoms with Gasteiger partial charge in [-0.15, -0.1) is 0 Å². The maximum atomic E-state index is 14.2. The third kappa shape index (κ3) is 2.33. The van der Waals surface area contributed by atoms with Gasteiger partial charge in [0.1, 0.15) is 5.82 Å². The second-order valence-electron chi connectivity index (χ2n) is 5.03. The first kappa shape index (κ1) is 14.2. The molecule has 112 valence electrons. The van der Waals surface area contributed by atoms with Crippen molar-refractivity contribution in [3.63, 3.8) is 0 Å². The molecule has 3 rings (SSSR count). The zero-order valence-corrected chi connectivity index (χ0v) is 11.7. The minimum Gasteiger partial charge on any atom is -0.478 e. The van der Waals surface area contributed by atoms with E-state index in [1.165, 1.54) is 19.3 Å². The Hall–Kier alpha value is -2.73. The summed E-state index contributed by atoms with van der Waals surface area (Å²) in [6.07, 6.45) is 0.480. The van der Waals surface area contributed by atoms with Crippen LogP contribution in [0, 0.1) is 5.82 Å². The topological polar surface area (TPSA) is 86.2 Å². The molecular weight excluding hydrogens is 287 g/mol. The van der Waals surface area contributed by atoms with Crippen molar-refractivity contribution in [2.45, 2.75) is 13.0 Å². The molecule has 0 saturated heterocycles. The van der Waals surface area contributed by atoms with Crippen molar-refractivity contribution < 1.29 is 19.4 Å². The summed E-state index contributed by atoms with van der Waals surface area (Å²) in [4.78, 5) is 18.2. The number of carboxylic acid groups (broad SMARTS) is 1. The van der Waals surface area contributed by atoms with E-state index in [-0.39, 0.29) is 11.1 Å². The van der Waals surface area contributed by atoms with Crippen LogP contribution < -0.4 is 0 Å². The van der Waals surface area contributed by atoms with E-state index < -0.39 is 17.9 Å². The fourth-order valence-corrected chi connectivity index (χ4v) is 2.51. The first-order chi connectivity index (χ1) is 10.5. The van der Waals surface area contributed by atoms with Gasteiger partial charge in [0.25, 0.3) is 0 Å². The number of benzene rings is 2. The highest BCUT2D eigenvalue weighted by Crippen LogP contribution is 2.33. The van der Waals surface area contributed by atoms with Crippen molar-refractivity contribution in [2.75, 3.05) is 0 Å². The lowest BCUT2D eigenvalue weighted by atomic mass is 9.93. The number of halogens is 1. The molecule has 0 aliphatic heterocycles. The first-order valence-electron chi connectivity index (χ1n) is 6.65. The van der Waals surface area contributed by atoms with Gasteiger partial charge >= 0.3 is 5.97 Å². The summed E-state index contributed by atoms with van der Waals surface area (Å²) in [5, 5.41) is 18.9. The number of aliphatic hydroxyl groups excluding tert-OH is 1. The summed E-state index contributed by atoms with van der Waals surface area (Å²) < 4.78 is 14.2. The molecule has 0 saturated carbocycles. The van der Waals surface area contributed by atoms with Gasteiger partial charge in [-0.1, -0.05) is 6.07 Å². The molecule has 0 bridgehead atoms. The van der Waals surface area contributed by atoms with E-state index in [0.717, 1.165) is 17.1 Å². The molecule has 0 spiro atoms. The summed E-state index contributed by atoms with van der Waals surface area (Å²) in [5.74, 6) is -1.96. The third-order valence-electron chi connectivity index (χ3n) is 3.53. The number of aromatic carboxylic acids is 1. The maximum absolute atomic E-state index is 14.2. The molecule has 6 heteroatoms. The highest BCUT2D eigenvalue weighted by molar-refractivity contribution is 5.91. The number of fused-ring (bicyclic) bond motifs is 1. The van der Waals surface area contributed by atoms with Gasteiger partial charge in [-0.2, -0.15) is 0 Å². The van der Waals surface area contributed by atoms with Crippen molar-refractivity contribution in [1.82, 2.24) is 9.97 Å². The summed E-state index contributed by atoms with van der Waals surface area (Å²) in [5.41, 5.74) is 2.36. The fourth-order valence-electron chi connectivity index (χ4n) is 2.51. The normalized spacial score (nSPS) is 12.5. The monoisotopic (exact) mass is 300 g/mol. The lowest BCUT2D eigenvalue weighted by Crippen LogP contribution is -2.05. The number of carboxylic acids is 1. The van der Waals surface area contributed by atoms with Crippen LogP contribution in [0.15, 0.2) is 36.7 Å². The van der Waals surface area contributed by atoms with Gasteiger partial charge in [0, 0.05) is 5.56 Å². The maximum Gasteiger partial charge on any atom is 0.335 e. The number of aliphatic hydroxyl groups is 1. The van der Waals surface area contributed by atoms with Crippen molar-refractivity contribution in [1.29, 1.82) is 0 Å². The van der Waals surface area contributed by atoms with Gasteiger partial charge in [-0.25, -0.2) is 14.2 Å². The Bertz CT molecular complexity index is 871. The molecule has 3 N–H and O–H groups in total. The van der Waals surface area contributed by atoms with Gasteiger partial charge in [-0.3, -0.25) is 0 Å². The number of H-pyrrole nitrogens is 1. The molecule has 0 amide bonds. The van der Waals surface area contributed by atoms with Crippen LogP contribution in [-0.4, -0.2) is 26.2 Å². The van der Waals surface area contributed by atoms with Crippen LogP contribution in [0.4, 0.5) is 4.39 Å². The summed E-state index contributed by atoms with van der Waals surface area (Å²) in [6, 6.07) is 7.50. The Morgan fingerprint density at radius 2 is 2.09 bits per heavy atom. The largest absolute Gasteiger partial charge is 0.478 e. The van der Waals surface area contributed by atoms with E-state index in [0.29, 0.717) is 11.1 Å². The molecule has 2 aromatic carbocycles. The number of rotatable bonds is 3. The number of aromatic nitrogens is 2. The van der Waals surface area contributed by atoms with Gasteiger partial charge < -0.3 is 15.2 Å². The second-order valence-corrected chi connectivity index (χ2v) is 5.03. The van der Waals surface area contributed by atoms with Crippen LogP contribution in [0.1, 0.15) is 28.9 Å². The standard InChI is InChI=1S/C16H13FN2O3/c1-8(20)15-11(4-10(16(21)22)5-12(15)17)9-2-3-13-14(6-9)19-7-18-13/h2-8,20H,1H3,(H,18,19)(H,21,22). The Morgan fingerprint density at radius 3 is 2.77 bits per heavy atom. The average Bonchev–Trinajstić information content (AvgIpc) is 2.93. The lowest BCUT2D eigenvalue weighted by Gasteiger charge is -2.14. The molecule has 3 aromatic rings. The number of hydrogen-bond donors (Lipinski definition) is 3. The van der Waals surface area contributed by atoms with Crippen LogP contribution in [0.5, 0.6) is 0 Å². The van der Waals surface area contributed by atoms with Crippen LogP contribution in [-0.2, 0) is 0 Å². The molecule has 0 radical (unpaired) electrons. The predicted molar refractivity (Wildman–Crippen MR) is 79.1 cm³/mol. The van der Waals surface area contributed by atoms with E-state index in [9.17, 15) is 14.3 Å². The predicted octanol–water partition coefficient (Wildman–Crippen LogP) is 3.12. The third-order valence-corrected chi connectivity index (χ3v) is 3.53. The highest BCUT2D eigenvalue weighted by atomic mass is 19.1. The molecule has 1 unspecified atom stereocenters. The van der Waals surface area contributed by atoms with E-state index in [4.69, 9.17) is 5.11 Å². The number of aromatic amines is 1. The quantitative estimate of drug-likeness (QED) is 0.693. The minimum absolute atomic E-state index is 0.0730. The van der Waals surface area contributed by atoms with E-state index in [1.807, 2.05) is 0 Å². The Labute approximate surface area is 125 Å². The van der Waals surface area contributed by atoms with E-state index >= 15 is 0 Å². The zero-order chi connectivity index (χ0) is 15.9. The number of imidazole rings is 1. The van der Waals surface area contributed by atoms with Crippen LogP contribution in [0.3, 0.4) is 0 Å². The molecule has 1 heterocycles. The average molecular weight is 300 g/mol. The number of nitrogens with one attached hydrogen (secondary N) is 1.